The Bertz CT molecular complexity index is 779. The summed E-state index contributed by atoms with van der Waals surface area (Å²) in [5, 5.41) is 2.80. The van der Waals surface area contributed by atoms with Gasteiger partial charge in [0.25, 0.3) is 0 Å². The number of nitrogens with one attached hydrogen (secondary N) is 1. The number of morpholine rings is 1. The Kier molecular flexibility index (Phi) is 7.84. The largest absolute Gasteiger partial charge is 0.497 e. The molecule has 2 aromatic carbocycles. The van der Waals surface area contributed by atoms with Crippen molar-refractivity contribution in [1.82, 2.24) is 9.80 Å². The SMILES string of the molecule is COc1ccc(CN(CCCN2CCOCC2)C(=O)Nc2cccc(F)c2)cc1. The summed E-state index contributed by atoms with van der Waals surface area (Å²) in [7, 11) is 1.62. The molecular formula is C22H28FN3O3. The van der Waals surface area contributed by atoms with Crippen LogP contribution in [0, 0.1) is 5.82 Å². The van der Waals surface area contributed by atoms with Gasteiger partial charge in [-0.3, -0.25) is 4.90 Å². The van der Waals surface area contributed by atoms with Gasteiger partial charge < -0.3 is 19.7 Å². The van der Waals surface area contributed by atoms with E-state index in [1.807, 2.05) is 24.3 Å². The van der Waals surface area contributed by atoms with Crippen LogP contribution in [0.5, 0.6) is 5.75 Å². The Balaban J connectivity index is 1.62. The second-order valence-corrected chi connectivity index (χ2v) is 7.02. The third-order valence-corrected chi connectivity index (χ3v) is 4.90. The lowest BCUT2D eigenvalue weighted by Crippen LogP contribution is -2.40. The van der Waals surface area contributed by atoms with Crippen LogP contribution in [0.3, 0.4) is 0 Å². The van der Waals surface area contributed by atoms with Crippen molar-refractivity contribution >= 4 is 11.7 Å². The first-order valence-electron chi connectivity index (χ1n) is 9.88. The number of rotatable bonds is 8. The highest BCUT2D eigenvalue weighted by molar-refractivity contribution is 5.89. The minimum atomic E-state index is -0.378. The van der Waals surface area contributed by atoms with Crippen LogP contribution < -0.4 is 10.1 Å². The monoisotopic (exact) mass is 401 g/mol. The van der Waals surface area contributed by atoms with Crippen LogP contribution in [0.2, 0.25) is 0 Å². The highest BCUT2D eigenvalue weighted by Gasteiger charge is 2.16. The third kappa shape index (κ3) is 6.73. The van der Waals surface area contributed by atoms with Crippen LogP contribution in [-0.4, -0.2) is 62.3 Å². The third-order valence-electron chi connectivity index (χ3n) is 4.90. The van der Waals surface area contributed by atoms with Gasteiger partial charge in [-0.2, -0.15) is 0 Å². The van der Waals surface area contributed by atoms with E-state index in [0.29, 0.717) is 18.8 Å². The molecule has 1 N–H and O–H groups in total. The predicted octanol–water partition coefficient (Wildman–Crippen LogP) is 3.59. The molecule has 0 aliphatic carbocycles. The van der Waals surface area contributed by atoms with Gasteiger partial charge in [0.15, 0.2) is 0 Å². The van der Waals surface area contributed by atoms with Crippen LogP contribution in [-0.2, 0) is 11.3 Å². The van der Waals surface area contributed by atoms with Crippen molar-refractivity contribution in [3.05, 3.63) is 59.9 Å². The minimum absolute atomic E-state index is 0.242. The predicted molar refractivity (Wildman–Crippen MR) is 111 cm³/mol. The lowest BCUT2D eigenvalue weighted by atomic mass is 10.2. The molecule has 1 aliphatic heterocycles. The molecule has 1 heterocycles. The minimum Gasteiger partial charge on any atom is -0.497 e. The molecular weight excluding hydrogens is 373 g/mol. The Labute approximate surface area is 171 Å². The highest BCUT2D eigenvalue weighted by Crippen LogP contribution is 2.15. The maximum atomic E-state index is 13.5. The smallest absolute Gasteiger partial charge is 0.322 e. The van der Waals surface area contributed by atoms with Gasteiger partial charge in [-0.25, -0.2) is 9.18 Å². The van der Waals surface area contributed by atoms with E-state index in [9.17, 15) is 9.18 Å². The molecule has 0 unspecified atom stereocenters. The molecule has 0 saturated carbocycles. The number of ether oxygens (including phenoxy) is 2. The lowest BCUT2D eigenvalue weighted by Gasteiger charge is -2.28. The summed E-state index contributed by atoms with van der Waals surface area (Å²) in [5.74, 6) is 0.397. The molecule has 0 radical (unpaired) electrons. The number of methoxy groups -OCH3 is 1. The molecule has 1 aliphatic rings. The summed E-state index contributed by atoms with van der Waals surface area (Å²) in [5.41, 5.74) is 1.45. The van der Waals surface area contributed by atoms with Gasteiger partial charge in [-0.1, -0.05) is 18.2 Å². The van der Waals surface area contributed by atoms with Crippen LogP contribution >= 0.6 is 0 Å². The first-order chi connectivity index (χ1) is 14.1. The fraction of sp³-hybridized carbons (Fsp3) is 0.409. The van der Waals surface area contributed by atoms with Crippen LogP contribution in [0.25, 0.3) is 0 Å². The van der Waals surface area contributed by atoms with Gasteiger partial charge in [-0.05, 0) is 42.3 Å². The van der Waals surface area contributed by atoms with E-state index in [0.717, 1.165) is 50.6 Å². The molecule has 0 bridgehead atoms. The van der Waals surface area contributed by atoms with Crippen molar-refractivity contribution in [2.24, 2.45) is 0 Å². The van der Waals surface area contributed by atoms with Crippen molar-refractivity contribution in [3.8, 4) is 5.75 Å². The van der Waals surface area contributed by atoms with Gasteiger partial charge >= 0.3 is 6.03 Å². The zero-order chi connectivity index (χ0) is 20.5. The van der Waals surface area contributed by atoms with Crippen LogP contribution in [0.4, 0.5) is 14.9 Å². The molecule has 3 rings (SSSR count). The molecule has 156 valence electrons. The molecule has 1 fully saturated rings. The van der Waals surface area contributed by atoms with Gasteiger partial charge in [0, 0.05) is 38.4 Å². The second kappa shape index (κ2) is 10.8. The first kappa shape index (κ1) is 21.1. The van der Waals surface area contributed by atoms with Gasteiger partial charge in [0.2, 0.25) is 0 Å². The van der Waals surface area contributed by atoms with E-state index < -0.39 is 0 Å². The highest BCUT2D eigenvalue weighted by atomic mass is 19.1. The average molecular weight is 401 g/mol. The summed E-state index contributed by atoms with van der Waals surface area (Å²) in [6.07, 6.45) is 0.854. The number of carbonyl (C=O) groups is 1. The van der Waals surface area contributed by atoms with Crippen molar-refractivity contribution in [2.45, 2.75) is 13.0 Å². The number of carbonyl (C=O) groups excluding carboxylic acids is 1. The summed E-state index contributed by atoms with van der Waals surface area (Å²) in [6, 6.07) is 13.3. The number of amides is 2. The molecule has 1 saturated heterocycles. The number of anilines is 1. The van der Waals surface area contributed by atoms with E-state index in [1.165, 1.54) is 12.1 Å². The van der Waals surface area contributed by atoms with Gasteiger partial charge in [-0.15, -0.1) is 0 Å². The fourth-order valence-electron chi connectivity index (χ4n) is 3.28. The van der Waals surface area contributed by atoms with Crippen molar-refractivity contribution in [1.29, 1.82) is 0 Å². The summed E-state index contributed by atoms with van der Waals surface area (Å²) in [6.45, 7) is 5.35. The van der Waals surface area contributed by atoms with Crippen LogP contribution in [0.15, 0.2) is 48.5 Å². The average Bonchev–Trinajstić information content (AvgIpc) is 2.74. The topological polar surface area (TPSA) is 54.0 Å². The fourth-order valence-corrected chi connectivity index (χ4v) is 3.28. The zero-order valence-electron chi connectivity index (χ0n) is 16.8. The second-order valence-electron chi connectivity index (χ2n) is 7.02. The molecule has 0 aromatic heterocycles. The standard InChI is InChI=1S/C22H28FN3O3/c1-28-21-8-6-18(7-9-21)17-26(11-3-10-25-12-14-29-15-13-25)22(27)24-20-5-2-4-19(23)16-20/h2,4-9,16H,3,10-15,17H2,1H3,(H,24,27). The Morgan fingerprint density at radius 2 is 1.97 bits per heavy atom. The first-order valence-corrected chi connectivity index (χ1v) is 9.88. The maximum Gasteiger partial charge on any atom is 0.322 e. The lowest BCUT2D eigenvalue weighted by molar-refractivity contribution is 0.0365. The Morgan fingerprint density at radius 1 is 1.21 bits per heavy atom. The molecule has 29 heavy (non-hydrogen) atoms. The number of hydrogen-bond donors (Lipinski definition) is 1. The van der Waals surface area contributed by atoms with E-state index in [1.54, 1.807) is 24.1 Å². The summed E-state index contributed by atoms with van der Waals surface area (Å²) < 4.78 is 24.0. The maximum absolute atomic E-state index is 13.5. The molecule has 0 atom stereocenters. The number of urea groups is 1. The Morgan fingerprint density at radius 3 is 2.66 bits per heavy atom. The van der Waals surface area contributed by atoms with E-state index in [4.69, 9.17) is 9.47 Å². The number of hydrogen-bond acceptors (Lipinski definition) is 4. The molecule has 6 nitrogen and oxygen atoms in total. The molecule has 7 heteroatoms. The summed E-state index contributed by atoms with van der Waals surface area (Å²) >= 11 is 0. The molecule has 0 spiro atoms. The number of nitrogens with zero attached hydrogens (tertiary/aromatic N) is 2. The summed E-state index contributed by atoms with van der Waals surface area (Å²) in [4.78, 5) is 17.0. The van der Waals surface area contributed by atoms with Gasteiger partial charge in [0.05, 0.1) is 20.3 Å². The van der Waals surface area contributed by atoms with Crippen LogP contribution in [0.1, 0.15) is 12.0 Å². The van der Waals surface area contributed by atoms with E-state index in [-0.39, 0.29) is 11.8 Å². The normalized spacial score (nSPS) is 14.4. The zero-order valence-corrected chi connectivity index (χ0v) is 16.8. The number of halogens is 1. The quantitative estimate of drug-likeness (QED) is 0.735. The van der Waals surface area contributed by atoms with E-state index in [2.05, 4.69) is 10.2 Å². The Hall–Kier alpha value is -2.64. The van der Waals surface area contributed by atoms with Crippen molar-refractivity contribution in [3.63, 3.8) is 0 Å². The molecule has 2 amide bonds. The number of benzene rings is 2. The van der Waals surface area contributed by atoms with Crippen molar-refractivity contribution < 1.29 is 18.7 Å². The molecule has 2 aromatic rings. The van der Waals surface area contributed by atoms with E-state index >= 15 is 0 Å². The van der Waals surface area contributed by atoms with Gasteiger partial charge in [0.1, 0.15) is 11.6 Å². The van der Waals surface area contributed by atoms with Crippen molar-refractivity contribution in [2.75, 3.05) is 51.8 Å².